The van der Waals surface area contributed by atoms with Gasteiger partial charge in [0, 0.05) is 22.8 Å². The Bertz CT molecular complexity index is 860. The van der Waals surface area contributed by atoms with Crippen LogP contribution in [0.3, 0.4) is 0 Å². The van der Waals surface area contributed by atoms with Gasteiger partial charge in [-0.25, -0.2) is 4.40 Å². The molecule has 6 nitrogen and oxygen atoms in total. The molecule has 1 unspecified atom stereocenters. The van der Waals surface area contributed by atoms with E-state index in [4.69, 9.17) is 4.74 Å². The summed E-state index contributed by atoms with van der Waals surface area (Å²) in [5.74, 6) is 0.665. The Balaban J connectivity index is 2.45. The molecule has 102 valence electrons. The molecule has 0 radical (unpaired) electrons. The summed E-state index contributed by atoms with van der Waals surface area (Å²) < 4.78 is 18.2. The molecule has 0 bridgehead atoms. The first-order valence-electron chi connectivity index (χ1n) is 5.81. The zero-order chi connectivity index (χ0) is 14.3. The minimum Gasteiger partial charge on any atom is -0.609 e. The monoisotopic (exact) mass is 289 g/mol. The number of ether oxygens (including phenoxy) is 1. The van der Waals surface area contributed by atoms with Gasteiger partial charge in [0.2, 0.25) is 11.1 Å². The number of fused-ring (bicyclic) bond motifs is 2. The van der Waals surface area contributed by atoms with Gasteiger partial charge in [-0.3, -0.25) is 4.79 Å². The van der Waals surface area contributed by atoms with Crippen LogP contribution in [0.1, 0.15) is 0 Å². The largest absolute Gasteiger partial charge is 0.609 e. The lowest BCUT2D eigenvalue weighted by Crippen LogP contribution is -2.05. The van der Waals surface area contributed by atoms with E-state index in [1.807, 2.05) is 0 Å². The van der Waals surface area contributed by atoms with Gasteiger partial charge < -0.3 is 9.29 Å². The average Bonchev–Trinajstić information content (AvgIpc) is 2.82. The van der Waals surface area contributed by atoms with Gasteiger partial charge in [0.05, 0.1) is 7.11 Å². The maximum atomic E-state index is 12.5. The number of aromatic nitrogens is 3. The predicted octanol–water partition coefficient (Wildman–Crippen LogP) is 0.989. The Morgan fingerprint density at radius 1 is 1.30 bits per heavy atom. The minimum atomic E-state index is -1.32. The molecule has 0 aliphatic rings. The fourth-order valence-corrected chi connectivity index (χ4v) is 2.63. The van der Waals surface area contributed by atoms with Gasteiger partial charge in [-0.15, -0.1) is 5.10 Å². The van der Waals surface area contributed by atoms with Gasteiger partial charge in [0.1, 0.15) is 12.0 Å². The van der Waals surface area contributed by atoms with Crippen LogP contribution >= 0.6 is 0 Å². The number of hydrogen-bond donors (Lipinski definition) is 0. The Morgan fingerprint density at radius 3 is 2.80 bits per heavy atom. The van der Waals surface area contributed by atoms with Gasteiger partial charge in [-0.05, 0) is 29.7 Å². The van der Waals surface area contributed by atoms with E-state index in [1.165, 1.54) is 10.7 Å². The Morgan fingerprint density at radius 2 is 2.10 bits per heavy atom. The van der Waals surface area contributed by atoms with Crippen molar-refractivity contribution in [2.75, 3.05) is 13.4 Å². The third-order valence-corrected chi connectivity index (χ3v) is 3.82. The lowest BCUT2D eigenvalue weighted by molar-refractivity contribution is 0.415. The van der Waals surface area contributed by atoms with Crippen molar-refractivity contribution >= 4 is 27.6 Å². The van der Waals surface area contributed by atoms with E-state index in [2.05, 4.69) is 10.2 Å². The molecule has 0 N–H and O–H groups in total. The molecular weight excluding hydrogens is 278 g/mol. The molecule has 0 aliphatic carbocycles. The smallest absolute Gasteiger partial charge is 0.347 e. The number of methoxy groups -OCH3 is 1. The summed E-state index contributed by atoms with van der Waals surface area (Å²) in [6.45, 7) is 0. The number of hydrogen-bond acceptors (Lipinski definition) is 5. The molecule has 1 aromatic carbocycles. The summed E-state index contributed by atoms with van der Waals surface area (Å²) in [4.78, 5) is 12.5. The molecule has 2 heterocycles. The first-order valence-corrected chi connectivity index (χ1v) is 7.37. The molecule has 0 aliphatic heterocycles. The number of rotatable bonds is 2. The van der Waals surface area contributed by atoms with Crippen molar-refractivity contribution < 1.29 is 9.29 Å². The van der Waals surface area contributed by atoms with Gasteiger partial charge in [0.25, 0.3) is 0 Å². The second kappa shape index (κ2) is 4.77. The van der Waals surface area contributed by atoms with Crippen molar-refractivity contribution in [2.24, 2.45) is 0 Å². The van der Waals surface area contributed by atoms with Crippen molar-refractivity contribution in [1.82, 2.24) is 14.6 Å². The summed E-state index contributed by atoms with van der Waals surface area (Å²) in [6, 6.07) is 6.93. The van der Waals surface area contributed by atoms with Crippen LogP contribution in [0.2, 0.25) is 0 Å². The molecule has 0 fully saturated rings. The quantitative estimate of drug-likeness (QED) is 0.657. The summed E-state index contributed by atoms with van der Waals surface area (Å²) in [5, 5.41) is 9.16. The average molecular weight is 289 g/mol. The van der Waals surface area contributed by atoms with E-state index in [9.17, 15) is 9.35 Å². The third-order valence-electron chi connectivity index (χ3n) is 3.03. The van der Waals surface area contributed by atoms with Gasteiger partial charge >= 0.3 is 5.16 Å². The normalized spacial score (nSPS) is 12.8. The van der Waals surface area contributed by atoms with Crippen LogP contribution < -0.4 is 10.2 Å². The molecule has 7 heteroatoms. The standard InChI is InChI=1S/C13H11N3O3S/c1-19-9-3-4-10-8(7-9)5-6-16-12(11(10)17)14-15-13(16)20(2)18/h3-7H,1-2H3. The summed E-state index contributed by atoms with van der Waals surface area (Å²) in [6.07, 6.45) is 3.14. The summed E-state index contributed by atoms with van der Waals surface area (Å²) in [7, 11) is 1.57. The molecule has 0 amide bonds. The van der Waals surface area contributed by atoms with E-state index in [1.54, 1.807) is 37.6 Å². The van der Waals surface area contributed by atoms with Crippen LogP contribution in [0.25, 0.3) is 16.4 Å². The summed E-state index contributed by atoms with van der Waals surface area (Å²) in [5.41, 5.74) is -0.0905. The topological polar surface area (TPSA) is 79.5 Å². The molecule has 20 heavy (non-hydrogen) atoms. The van der Waals surface area contributed by atoms with E-state index in [0.717, 1.165) is 5.39 Å². The molecular formula is C13H11N3O3S. The van der Waals surface area contributed by atoms with Gasteiger partial charge in [-0.2, -0.15) is 0 Å². The van der Waals surface area contributed by atoms with E-state index in [0.29, 0.717) is 11.1 Å². The van der Waals surface area contributed by atoms with Gasteiger partial charge in [-0.1, -0.05) is 5.10 Å². The zero-order valence-electron chi connectivity index (χ0n) is 10.9. The van der Waals surface area contributed by atoms with Gasteiger partial charge in [0.15, 0.2) is 0 Å². The molecule has 0 spiro atoms. The van der Waals surface area contributed by atoms with Crippen molar-refractivity contribution in [3.8, 4) is 5.75 Å². The van der Waals surface area contributed by atoms with Crippen LogP contribution in [-0.4, -0.2) is 32.5 Å². The van der Waals surface area contributed by atoms with E-state index >= 15 is 0 Å². The zero-order valence-corrected chi connectivity index (χ0v) is 11.7. The van der Waals surface area contributed by atoms with Crippen molar-refractivity contribution in [2.45, 2.75) is 5.16 Å². The SMILES string of the molecule is COc1ccc2c(=O)c3nnc([S+](C)[O-])n3ccc2c1. The molecule has 0 saturated heterocycles. The Kier molecular flexibility index (Phi) is 3.07. The highest BCUT2D eigenvalue weighted by atomic mass is 32.2. The van der Waals surface area contributed by atoms with Crippen LogP contribution in [-0.2, 0) is 11.2 Å². The number of nitrogens with zero attached hydrogens (tertiary/aromatic N) is 3. The van der Waals surface area contributed by atoms with Crippen LogP contribution in [0, 0.1) is 0 Å². The molecule has 0 saturated carbocycles. The lowest BCUT2D eigenvalue weighted by Gasteiger charge is -1.98. The molecule has 2 aromatic heterocycles. The number of benzene rings is 1. The summed E-state index contributed by atoms with van der Waals surface area (Å²) >= 11 is -1.32. The second-order valence-corrected chi connectivity index (χ2v) is 5.50. The molecule has 3 aromatic rings. The van der Waals surface area contributed by atoms with Crippen LogP contribution in [0.4, 0.5) is 0 Å². The van der Waals surface area contributed by atoms with Crippen LogP contribution in [0.15, 0.2) is 40.4 Å². The third kappa shape index (κ3) is 1.91. The van der Waals surface area contributed by atoms with E-state index < -0.39 is 11.2 Å². The predicted molar refractivity (Wildman–Crippen MR) is 75.6 cm³/mol. The first-order chi connectivity index (χ1) is 9.61. The van der Waals surface area contributed by atoms with Crippen LogP contribution in [0.5, 0.6) is 5.75 Å². The lowest BCUT2D eigenvalue weighted by atomic mass is 10.2. The minimum absolute atomic E-state index is 0.162. The fraction of sp³-hybridized carbons (Fsp3) is 0.154. The highest BCUT2D eigenvalue weighted by Gasteiger charge is 2.16. The molecule has 1 atom stereocenters. The molecule has 3 rings (SSSR count). The van der Waals surface area contributed by atoms with E-state index in [-0.39, 0.29) is 16.2 Å². The maximum Gasteiger partial charge on any atom is 0.347 e. The highest BCUT2D eigenvalue weighted by Crippen LogP contribution is 2.18. The van der Waals surface area contributed by atoms with Crippen molar-refractivity contribution in [3.63, 3.8) is 0 Å². The van der Waals surface area contributed by atoms with Crippen molar-refractivity contribution in [3.05, 3.63) is 40.7 Å². The Labute approximate surface area is 117 Å². The van der Waals surface area contributed by atoms with Crippen molar-refractivity contribution in [1.29, 1.82) is 0 Å². The highest BCUT2D eigenvalue weighted by molar-refractivity contribution is 7.90. The Hall–Kier alpha value is -2.12. The first kappa shape index (κ1) is 12.9. The maximum absolute atomic E-state index is 12.5. The second-order valence-electron chi connectivity index (χ2n) is 4.23. The fourth-order valence-electron chi connectivity index (χ4n) is 2.05.